The number of nitrogens with zero attached hydrogens (tertiary/aromatic N) is 2. The average Bonchev–Trinajstić information content (AvgIpc) is 2.31. The molecule has 0 aromatic carbocycles. The zero-order valence-corrected chi connectivity index (χ0v) is 6.25. The Kier molecular flexibility index (Phi) is 2.45. The molecular formula is C7H13N3. The van der Waals surface area contributed by atoms with Crippen molar-refractivity contribution in [2.24, 2.45) is 12.8 Å². The van der Waals surface area contributed by atoms with Gasteiger partial charge in [-0.3, -0.25) is 0 Å². The molecule has 1 aromatic heterocycles. The molecule has 0 unspecified atom stereocenters. The number of rotatable bonds is 3. The van der Waals surface area contributed by atoms with Crippen LogP contribution in [-0.2, 0) is 13.5 Å². The molecule has 1 heterocycles. The number of imidazole rings is 1. The lowest BCUT2D eigenvalue weighted by molar-refractivity contribution is 0.814. The normalized spacial score (nSPS) is 10.2. The summed E-state index contributed by atoms with van der Waals surface area (Å²) in [4.78, 5) is 4.16. The maximum absolute atomic E-state index is 5.35. The van der Waals surface area contributed by atoms with Gasteiger partial charge in [-0.15, -0.1) is 0 Å². The molecule has 0 fully saturated rings. The second-order valence-corrected chi connectivity index (χ2v) is 2.42. The van der Waals surface area contributed by atoms with Gasteiger partial charge in [0, 0.05) is 13.2 Å². The Balaban J connectivity index is 2.42. The minimum Gasteiger partial charge on any atom is -0.340 e. The summed E-state index contributed by atoms with van der Waals surface area (Å²) in [5, 5.41) is 0. The van der Waals surface area contributed by atoms with Gasteiger partial charge in [0.15, 0.2) is 0 Å². The smallest absolute Gasteiger partial charge is 0.0946 e. The van der Waals surface area contributed by atoms with E-state index >= 15 is 0 Å². The Labute approximate surface area is 60.9 Å². The molecule has 0 amide bonds. The molecule has 0 aliphatic carbocycles. The second-order valence-electron chi connectivity index (χ2n) is 2.42. The third kappa shape index (κ3) is 1.84. The van der Waals surface area contributed by atoms with Crippen LogP contribution in [0.1, 0.15) is 12.1 Å². The molecule has 3 nitrogen and oxygen atoms in total. The van der Waals surface area contributed by atoms with Gasteiger partial charge in [-0.25, -0.2) is 4.98 Å². The molecule has 0 atom stereocenters. The van der Waals surface area contributed by atoms with Crippen LogP contribution in [-0.4, -0.2) is 16.1 Å². The number of nitrogens with two attached hydrogens (primary N) is 1. The molecule has 0 aliphatic heterocycles. The van der Waals surface area contributed by atoms with Crippen LogP contribution in [0, 0.1) is 0 Å². The lowest BCUT2D eigenvalue weighted by Crippen LogP contribution is -2.00. The highest BCUT2D eigenvalue weighted by atomic mass is 15.0. The quantitative estimate of drug-likeness (QED) is 0.655. The predicted molar refractivity (Wildman–Crippen MR) is 40.6 cm³/mol. The van der Waals surface area contributed by atoms with E-state index in [1.54, 1.807) is 0 Å². The molecule has 56 valence electrons. The van der Waals surface area contributed by atoms with Crippen molar-refractivity contribution in [3.8, 4) is 0 Å². The van der Waals surface area contributed by atoms with Crippen LogP contribution < -0.4 is 5.73 Å². The van der Waals surface area contributed by atoms with Crippen LogP contribution >= 0.6 is 0 Å². The zero-order valence-electron chi connectivity index (χ0n) is 6.25. The molecule has 2 N–H and O–H groups in total. The van der Waals surface area contributed by atoms with E-state index < -0.39 is 0 Å². The fourth-order valence-electron chi connectivity index (χ4n) is 0.879. The van der Waals surface area contributed by atoms with Gasteiger partial charge in [-0.05, 0) is 19.4 Å². The van der Waals surface area contributed by atoms with Crippen molar-refractivity contribution in [2.45, 2.75) is 12.8 Å². The molecule has 0 saturated heterocycles. The molecule has 1 aromatic rings. The lowest BCUT2D eigenvalue weighted by atomic mass is 10.2. The summed E-state index contributed by atoms with van der Waals surface area (Å²) >= 11 is 0. The van der Waals surface area contributed by atoms with Crippen LogP contribution in [0.5, 0.6) is 0 Å². The van der Waals surface area contributed by atoms with Crippen molar-refractivity contribution in [3.05, 3.63) is 18.2 Å². The van der Waals surface area contributed by atoms with Crippen LogP contribution in [0.4, 0.5) is 0 Å². The van der Waals surface area contributed by atoms with Gasteiger partial charge in [-0.2, -0.15) is 0 Å². The second kappa shape index (κ2) is 3.37. The van der Waals surface area contributed by atoms with Gasteiger partial charge in [0.1, 0.15) is 0 Å². The predicted octanol–water partition coefficient (Wildman–Crippen LogP) is 0.311. The Hall–Kier alpha value is -0.830. The van der Waals surface area contributed by atoms with E-state index in [4.69, 9.17) is 5.73 Å². The largest absolute Gasteiger partial charge is 0.340 e. The number of hydrogen-bond acceptors (Lipinski definition) is 2. The minimum absolute atomic E-state index is 0.747. The van der Waals surface area contributed by atoms with E-state index in [9.17, 15) is 0 Å². The molecule has 3 heteroatoms. The lowest BCUT2D eigenvalue weighted by Gasteiger charge is -1.90. The van der Waals surface area contributed by atoms with Gasteiger partial charge < -0.3 is 10.3 Å². The van der Waals surface area contributed by atoms with Gasteiger partial charge >= 0.3 is 0 Å². The summed E-state index contributed by atoms with van der Waals surface area (Å²) in [5.41, 5.74) is 6.48. The maximum Gasteiger partial charge on any atom is 0.0946 e. The van der Waals surface area contributed by atoms with Crippen molar-refractivity contribution < 1.29 is 0 Å². The third-order valence-corrected chi connectivity index (χ3v) is 1.40. The minimum atomic E-state index is 0.747. The van der Waals surface area contributed by atoms with Crippen molar-refractivity contribution in [2.75, 3.05) is 6.54 Å². The van der Waals surface area contributed by atoms with Gasteiger partial charge in [0.05, 0.1) is 12.0 Å². The summed E-state index contributed by atoms with van der Waals surface area (Å²) in [6.45, 7) is 0.747. The zero-order chi connectivity index (χ0) is 7.40. The molecule has 10 heavy (non-hydrogen) atoms. The SMILES string of the molecule is Cn1cnc(CCCN)c1. The van der Waals surface area contributed by atoms with E-state index in [0.29, 0.717) is 0 Å². The van der Waals surface area contributed by atoms with E-state index in [2.05, 4.69) is 4.98 Å². The maximum atomic E-state index is 5.35. The van der Waals surface area contributed by atoms with Gasteiger partial charge in [-0.1, -0.05) is 0 Å². The average molecular weight is 139 g/mol. The summed E-state index contributed by atoms with van der Waals surface area (Å²) < 4.78 is 1.95. The van der Waals surface area contributed by atoms with Crippen LogP contribution in [0.2, 0.25) is 0 Å². The number of aryl methyl sites for hydroxylation is 2. The number of aromatic nitrogens is 2. The van der Waals surface area contributed by atoms with E-state index in [-0.39, 0.29) is 0 Å². The monoisotopic (exact) mass is 139 g/mol. The highest BCUT2D eigenvalue weighted by Gasteiger charge is 1.93. The van der Waals surface area contributed by atoms with Gasteiger partial charge in [0.25, 0.3) is 0 Å². The first-order chi connectivity index (χ1) is 4.83. The molecule has 0 aliphatic rings. The summed E-state index contributed by atoms with van der Waals surface area (Å²) in [7, 11) is 1.97. The van der Waals surface area contributed by atoms with Crippen LogP contribution in [0.15, 0.2) is 12.5 Å². The van der Waals surface area contributed by atoms with Crippen molar-refractivity contribution in [3.63, 3.8) is 0 Å². The highest BCUT2D eigenvalue weighted by Crippen LogP contribution is 1.96. The van der Waals surface area contributed by atoms with E-state index in [1.807, 2.05) is 24.1 Å². The first-order valence-corrected chi connectivity index (χ1v) is 3.50. The van der Waals surface area contributed by atoms with Crippen LogP contribution in [0.3, 0.4) is 0 Å². The van der Waals surface area contributed by atoms with Crippen molar-refractivity contribution in [1.29, 1.82) is 0 Å². The Morgan fingerprint density at radius 1 is 1.70 bits per heavy atom. The van der Waals surface area contributed by atoms with Crippen molar-refractivity contribution >= 4 is 0 Å². The molecule has 0 bridgehead atoms. The Bertz CT molecular complexity index is 192. The Morgan fingerprint density at radius 3 is 3.00 bits per heavy atom. The molecule has 0 saturated carbocycles. The standard InChI is InChI=1S/C7H13N3/c1-10-5-7(9-6-10)3-2-4-8/h5-6H,2-4,8H2,1H3. The van der Waals surface area contributed by atoms with E-state index in [1.165, 1.54) is 0 Å². The first kappa shape index (κ1) is 7.28. The highest BCUT2D eigenvalue weighted by molar-refractivity contribution is 4.95. The summed E-state index contributed by atoms with van der Waals surface area (Å²) in [5.74, 6) is 0. The fraction of sp³-hybridized carbons (Fsp3) is 0.571. The Morgan fingerprint density at radius 2 is 2.50 bits per heavy atom. The van der Waals surface area contributed by atoms with Crippen LogP contribution in [0.25, 0.3) is 0 Å². The van der Waals surface area contributed by atoms with E-state index in [0.717, 1.165) is 25.1 Å². The summed E-state index contributed by atoms with van der Waals surface area (Å²) in [6, 6.07) is 0. The number of hydrogen-bond donors (Lipinski definition) is 1. The van der Waals surface area contributed by atoms with Gasteiger partial charge in [0.2, 0.25) is 0 Å². The molecular weight excluding hydrogens is 126 g/mol. The van der Waals surface area contributed by atoms with Crippen molar-refractivity contribution in [1.82, 2.24) is 9.55 Å². The third-order valence-electron chi connectivity index (χ3n) is 1.40. The first-order valence-electron chi connectivity index (χ1n) is 3.50. The molecule has 1 rings (SSSR count). The molecule has 0 spiro atoms. The molecule has 0 radical (unpaired) electrons. The summed E-state index contributed by atoms with van der Waals surface area (Å²) in [6.07, 6.45) is 5.86. The fourth-order valence-corrected chi connectivity index (χ4v) is 0.879. The topological polar surface area (TPSA) is 43.8 Å².